The van der Waals surface area contributed by atoms with Crippen molar-refractivity contribution in [2.24, 2.45) is 0 Å². The van der Waals surface area contributed by atoms with Crippen molar-refractivity contribution in [3.8, 4) is 11.3 Å². The molecule has 2 heterocycles. The highest BCUT2D eigenvalue weighted by atomic mass is 79.9. The topological polar surface area (TPSA) is 30.0 Å². The normalized spacial score (nSPS) is 13.5. The van der Waals surface area contributed by atoms with E-state index in [1.54, 1.807) is 0 Å². The SMILES string of the molecule is O=C(c1ccc(Br)cc1)c1cc2c3c(c(-c4ccccc4)nc2s1)CCCC3. The molecule has 0 radical (unpaired) electrons. The van der Waals surface area contributed by atoms with E-state index in [1.807, 2.05) is 30.3 Å². The molecule has 138 valence electrons. The Hall–Kier alpha value is -2.30. The van der Waals surface area contributed by atoms with Gasteiger partial charge in [-0.25, -0.2) is 4.98 Å². The summed E-state index contributed by atoms with van der Waals surface area (Å²) < 4.78 is 0.976. The van der Waals surface area contributed by atoms with Gasteiger partial charge in [0.05, 0.1) is 10.6 Å². The van der Waals surface area contributed by atoms with Gasteiger partial charge < -0.3 is 0 Å². The molecule has 0 aliphatic heterocycles. The maximum absolute atomic E-state index is 13.0. The summed E-state index contributed by atoms with van der Waals surface area (Å²) in [7, 11) is 0. The number of carbonyl (C=O) groups is 1. The number of nitrogens with zero attached hydrogens (tertiary/aromatic N) is 1. The third-order valence-electron chi connectivity index (χ3n) is 5.38. The molecule has 2 nitrogen and oxygen atoms in total. The molecular formula is C24H18BrNOS. The molecule has 0 saturated carbocycles. The van der Waals surface area contributed by atoms with Gasteiger partial charge in [-0.2, -0.15) is 0 Å². The largest absolute Gasteiger partial charge is 0.288 e. The van der Waals surface area contributed by atoms with Crippen LogP contribution in [0.2, 0.25) is 0 Å². The lowest BCUT2D eigenvalue weighted by Crippen LogP contribution is -2.06. The molecule has 5 rings (SSSR count). The van der Waals surface area contributed by atoms with Crippen LogP contribution in [0.3, 0.4) is 0 Å². The number of halogens is 1. The van der Waals surface area contributed by atoms with E-state index in [0.717, 1.165) is 38.3 Å². The summed E-state index contributed by atoms with van der Waals surface area (Å²) in [5.74, 6) is 0.0707. The number of pyridine rings is 1. The zero-order valence-corrected chi connectivity index (χ0v) is 17.6. The number of thiophene rings is 1. The predicted molar refractivity (Wildman–Crippen MR) is 119 cm³/mol. The Kier molecular flexibility index (Phi) is 4.61. The number of benzene rings is 2. The number of ketones is 1. The Bertz CT molecular complexity index is 1180. The van der Waals surface area contributed by atoms with Gasteiger partial charge in [-0.05, 0) is 67.1 Å². The molecule has 0 spiro atoms. The minimum atomic E-state index is 0.0707. The highest BCUT2D eigenvalue weighted by molar-refractivity contribution is 9.10. The van der Waals surface area contributed by atoms with Gasteiger partial charge in [0.25, 0.3) is 0 Å². The summed E-state index contributed by atoms with van der Waals surface area (Å²) in [4.78, 5) is 19.8. The summed E-state index contributed by atoms with van der Waals surface area (Å²) in [6.07, 6.45) is 4.53. The molecule has 28 heavy (non-hydrogen) atoms. The van der Waals surface area contributed by atoms with Crippen molar-refractivity contribution in [1.29, 1.82) is 0 Å². The third-order valence-corrected chi connectivity index (χ3v) is 6.94. The third kappa shape index (κ3) is 3.11. The van der Waals surface area contributed by atoms with E-state index in [4.69, 9.17) is 4.98 Å². The molecule has 0 N–H and O–H groups in total. The van der Waals surface area contributed by atoms with Crippen LogP contribution in [0.15, 0.2) is 65.1 Å². The molecule has 0 atom stereocenters. The van der Waals surface area contributed by atoms with Crippen molar-refractivity contribution < 1.29 is 4.79 Å². The highest BCUT2D eigenvalue weighted by Crippen LogP contribution is 2.38. The van der Waals surface area contributed by atoms with Gasteiger partial charge in [0.15, 0.2) is 0 Å². The van der Waals surface area contributed by atoms with Crippen molar-refractivity contribution in [3.05, 3.63) is 86.7 Å². The second-order valence-corrected chi connectivity index (χ2v) is 9.10. The fourth-order valence-electron chi connectivity index (χ4n) is 4.00. The summed E-state index contributed by atoms with van der Waals surface area (Å²) >= 11 is 4.95. The zero-order chi connectivity index (χ0) is 19.1. The van der Waals surface area contributed by atoms with Crippen LogP contribution in [-0.4, -0.2) is 10.8 Å². The average Bonchev–Trinajstić information content (AvgIpc) is 3.18. The number of carbonyl (C=O) groups excluding carboxylic acids is 1. The first kappa shape index (κ1) is 17.8. The van der Waals surface area contributed by atoms with Crippen LogP contribution in [0.25, 0.3) is 21.5 Å². The second kappa shape index (κ2) is 7.26. The molecule has 1 aliphatic rings. The lowest BCUT2D eigenvalue weighted by atomic mass is 9.87. The van der Waals surface area contributed by atoms with E-state index in [2.05, 4.69) is 46.3 Å². The Morgan fingerprint density at radius 2 is 1.64 bits per heavy atom. The standard InChI is InChI=1S/C24H18BrNOS/c25-17-12-10-16(11-13-17)23(27)21-14-20-18-8-4-5-9-19(18)22(26-24(20)28-21)15-6-2-1-3-7-15/h1-3,6-7,10-14H,4-5,8-9H2. The minimum absolute atomic E-state index is 0.0707. The van der Waals surface area contributed by atoms with Crippen LogP contribution < -0.4 is 0 Å². The summed E-state index contributed by atoms with van der Waals surface area (Å²) in [5.41, 5.74) is 5.72. The van der Waals surface area contributed by atoms with Crippen LogP contribution in [0.5, 0.6) is 0 Å². The van der Waals surface area contributed by atoms with Crippen molar-refractivity contribution in [2.75, 3.05) is 0 Å². The Morgan fingerprint density at radius 1 is 0.929 bits per heavy atom. The molecule has 1 aliphatic carbocycles. The van der Waals surface area contributed by atoms with E-state index in [9.17, 15) is 4.79 Å². The first-order chi connectivity index (χ1) is 13.7. The van der Waals surface area contributed by atoms with Gasteiger partial charge in [0.1, 0.15) is 4.83 Å². The fourth-order valence-corrected chi connectivity index (χ4v) is 5.29. The van der Waals surface area contributed by atoms with E-state index < -0.39 is 0 Å². The second-order valence-electron chi connectivity index (χ2n) is 7.16. The number of fused-ring (bicyclic) bond motifs is 3. The number of aromatic nitrogens is 1. The van der Waals surface area contributed by atoms with Gasteiger partial charge in [-0.3, -0.25) is 4.79 Å². The molecule has 0 amide bonds. The molecule has 4 heteroatoms. The van der Waals surface area contributed by atoms with Crippen LogP contribution in [0.1, 0.15) is 39.2 Å². The fraction of sp³-hybridized carbons (Fsp3) is 0.167. The highest BCUT2D eigenvalue weighted by Gasteiger charge is 2.22. The van der Waals surface area contributed by atoms with E-state index >= 15 is 0 Å². The smallest absolute Gasteiger partial charge is 0.203 e. The lowest BCUT2D eigenvalue weighted by molar-refractivity contribution is 0.104. The Balaban J connectivity index is 1.67. The average molecular weight is 448 g/mol. The van der Waals surface area contributed by atoms with Gasteiger partial charge in [-0.1, -0.05) is 46.3 Å². The van der Waals surface area contributed by atoms with E-state index in [0.29, 0.717) is 5.56 Å². The Labute approximate surface area is 176 Å². The van der Waals surface area contributed by atoms with Crippen molar-refractivity contribution in [1.82, 2.24) is 4.98 Å². The maximum Gasteiger partial charge on any atom is 0.203 e. The van der Waals surface area contributed by atoms with E-state index in [1.165, 1.54) is 40.7 Å². The van der Waals surface area contributed by atoms with Gasteiger partial charge in [-0.15, -0.1) is 11.3 Å². The summed E-state index contributed by atoms with van der Waals surface area (Å²) in [6, 6.07) is 20.0. The first-order valence-corrected chi connectivity index (χ1v) is 11.1. The number of aryl methyl sites for hydroxylation is 1. The molecule has 0 fully saturated rings. The molecule has 0 saturated heterocycles. The minimum Gasteiger partial charge on any atom is -0.288 e. The molecule has 2 aromatic heterocycles. The van der Waals surface area contributed by atoms with Crippen LogP contribution in [0, 0.1) is 0 Å². The predicted octanol–water partition coefficient (Wildman–Crippen LogP) is 6.84. The lowest BCUT2D eigenvalue weighted by Gasteiger charge is -2.20. The molecule has 0 unspecified atom stereocenters. The van der Waals surface area contributed by atoms with Crippen molar-refractivity contribution >= 4 is 43.3 Å². The summed E-state index contributed by atoms with van der Waals surface area (Å²) in [6.45, 7) is 0. The number of hydrogen-bond acceptors (Lipinski definition) is 3. The number of rotatable bonds is 3. The maximum atomic E-state index is 13.0. The Morgan fingerprint density at radius 3 is 2.39 bits per heavy atom. The number of hydrogen-bond donors (Lipinski definition) is 0. The van der Waals surface area contributed by atoms with Gasteiger partial charge in [0, 0.05) is 21.0 Å². The molecule has 0 bridgehead atoms. The monoisotopic (exact) mass is 447 g/mol. The van der Waals surface area contributed by atoms with Crippen LogP contribution in [0.4, 0.5) is 0 Å². The van der Waals surface area contributed by atoms with Gasteiger partial charge in [0.2, 0.25) is 5.78 Å². The van der Waals surface area contributed by atoms with Crippen LogP contribution in [-0.2, 0) is 12.8 Å². The molecule has 4 aromatic rings. The zero-order valence-electron chi connectivity index (χ0n) is 15.2. The van der Waals surface area contributed by atoms with Crippen molar-refractivity contribution in [2.45, 2.75) is 25.7 Å². The van der Waals surface area contributed by atoms with Gasteiger partial charge >= 0.3 is 0 Å². The van der Waals surface area contributed by atoms with Crippen molar-refractivity contribution in [3.63, 3.8) is 0 Å². The summed E-state index contributed by atoms with van der Waals surface area (Å²) in [5, 5.41) is 1.17. The molecule has 2 aromatic carbocycles. The first-order valence-electron chi connectivity index (χ1n) is 9.52. The van der Waals surface area contributed by atoms with E-state index in [-0.39, 0.29) is 5.78 Å². The quantitative estimate of drug-likeness (QED) is 0.322. The van der Waals surface area contributed by atoms with Crippen LogP contribution >= 0.6 is 27.3 Å². The molecular weight excluding hydrogens is 430 g/mol.